The van der Waals surface area contributed by atoms with Crippen LogP contribution in [0.15, 0.2) is 36.4 Å². The Labute approximate surface area is 169 Å². The number of rotatable bonds is 15. The molecule has 0 bridgehead atoms. The van der Waals surface area contributed by atoms with Gasteiger partial charge in [-0.25, -0.2) is 9.59 Å². The van der Waals surface area contributed by atoms with E-state index in [0.717, 1.165) is 25.0 Å². The first-order chi connectivity index (χ1) is 13.7. The topological polar surface area (TPSA) is 61.8 Å². The molecule has 0 radical (unpaired) electrons. The third-order valence-electron chi connectivity index (χ3n) is 4.38. The van der Waals surface area contributed by atoms with Crippen LogP contribution in [0, 0.1) is 0 Å². The Bertz CT molecular complexity index is 577. The van der Waals surface area contributed by atoms with E-state index in [1.54, 1.807) is 31.4 Å². The van der Waals surface area contributed by atoms with Gasteiger partial charge in [0.15, 0.2) is 0 Å². The number of methoxy groups -OCH3 is 1. The number of carbonyl (C=O) groups excluding carboxylic acids is 2. The number of esters is 2. The second kappa shape index (κ2) is 15.7. The minimum Gasteiger partial charge on any atom is -0.497 e. The Morgan fingerprint density at radius 2 is 1.25 bits per heavy atom. The highest BCUT2D eigenvalue weighted by molar-refractivity contribution is 5.92. The average molecular weight is 391 g/mol. The van der Waals surface area contributed by atoms with Crippen LogP contribution in [0.2, 0.25) is 0 Å². The van der Waals surface area contributed by atoms with Gasteiger partial charge in [-0.3, -0.25) is 0 Å². The zero-order chi connectivity index (χ0) is 20.5. The van der Waals surface area contributed by atoms with Crippen LogP contribution in [0.25, 0.3) is 0 Å². The number of hydrogen-bond donors (Lipinski definition) is 0. The molecule has 0 saturated carbocycles. The van der Waals surface area contributed by atoms with Crippen LogP contribution in [0.3, 0.4) is 0 Å². The van der Waals surface area contributed by atoms with E-state index in [-0.39, 0.29) is 0 Å². The van der Waals surface area contributed by atoms with Crippen molar-refractivity contribution in [1.82, 2.24) is 0 Å². The first-order valence-electron chi connectivity index (χ1n) is 10.4. The molecule has 0 unspecified atom stereocenters. The normalized spacial score (nSPS) is 10.8. The van der Waals surface area contributed by atoms with Gasteiger partial charge in [-0.2, -0.15) is 0 Å². The summed E-state index contributed by atoms with van der Waals surface area (Å²) < 4.78 is 15.2. The number of hydrogen-bond acceptors (Lipinski definition) is 5. The fraction of sp³-hybridized carbons (Fsp3) is 0.565. The maximum atomic E-state index is 11.7. The third-order valence-corrected chi connectivity index (χ3v) is 4.38. The first kappa shape index (κ1) is 23.7. The molecule has 0 saturated heterocycles. The fourth-order valence-corrected chi connectivity index (χ4v) is 2.74. The number of unbranched alkanes of at least 4 members (excludes halogenated alkanes) is 9. The van der Waals surface area contributed by atoms with Crippen LogP contribution in [0.4, 0.5) is 0 Å². The Hall–Kier alpha value is -2.30. The molecule has 1 rings (SSSR count). The Balaban J connectivity index is 2.03. The largest absolute Gasteiger partial charge is 0.497 e. The molecule has 0 aliphatic carbocycles. The average Bonchev–Trinajstić information content (AvgIpc) is 2.71. The van der Waals surface area contributed by atoms with Crippen molar-refractivity contribution >= 4 is 11.9 Å². The van der Waals surface area contributed by atoms with Crippen molar-refractivity contribution < 1.29 is 23.8 Å². The Morgan fingerprint density at radius 3 is 1.82 bits per heavy atom. The molecule has 0 amide bonds. The van der Waals surface area contributed by atoms with E-state index in [1.807, 2.05) is 0 Å². The van der Waals surface area contributed by atoms with E-state index in [4.69, 9.17) is 14.2 Å². The van der Waals surface area contributed by atoms with Gasteiger partial charge in [0.25, 0.3) is 0 Å². The number of benzene rings is 1. The van der Waals surface area contributed by atoms with Gasteiger partial charge >= 0.3 is 11.9 Å². The van der Waals surface area contributed by atoms with Gasteiger partial charge in [0.2, 0.25) is 0 Å². The molecule has 0 aliphatic heterocycles. The molecular formula is C23H34O5. The minimum atomic E-state index is -0.624. The fourth-order valence-electron chi connectivity index (χ4n) is 2.74. The van der Waals surface area contributed by atoms with Crippen LogP contribution in [-0.4, -0.2) is 25.7 Å². The Kier molecular flexibility index (Phi) is 13.3. The third kappa shape index (κ3) is 12.2. The zero-order valence-corrected chi connectivity index (χ0v) is 17.3. The molecular weight excluding hydrogens is 356 g/mol. The monoisotopic (exact) mass is 390 g/mol. The second-order valence-corrected chi connectivity index (χ2v) is 6.78. The van der Waals surface area contributed by atoms with E-state index in [2.05, 4.69) is 6.92 Å². The summed E-state index contributed by atoms with van der Waals surface area (Å²) in [6.45, 7) is 2.62. The van der Waals surface area contributed by atoms with Gasteiger partial charge in [0, 0.05) is 12.2 Å². The van der Waals surface area contributed by atoms with E-state index in [9.17, 15) is 9.59 Å². The molecule has 0 fully saturated rings. The SMILES string of the molecule is CCCCCCCCCCCCOC(=O)/C=C/C(=O)Oc1ccc(OC)cc1. The van der Waals surface area contributed by atoms with Crippen molar-refractivity contribution in [1.29, 1.82) is 0 Å². The van der Waals surface area contributed by atoms with E-state index < -0.39 is 11.9 Å². The predicted molar refractivity (Wildman–Crippen MR) is 111 cm³/mol. The number of ether oxygens (including phenoxy) is 3. The molecule has 156 valence electrons. The molecule has 0 spiro atoms. The molecule has 0 atom stereocenters. The van der Waals surface area contributed by atoms with Crippen molar-refractivity contribution in [2.75, 3.05) is 13.7 Å². The van der Waals surface area contributed by atoms with Crippen molar-refractivity contribution in [3.8, 4) is 11.5 Å². The van der Waals surface area contributed by atoms with Gasteiger partial charge in [-0.05, 0) is 30.7 Å². The highest BCUT2D eigenvalue weighted by atomic mass is 16.5. The van der Waals surface area contributed by atoms with Gasteiger partial charge in [-0.1, -0.05) is 64.7 Å². The predicted octanol–water partition coefficient (Wildman–Crippen LogP) is 5.62. The lowest BCUT2D eigenvalue weighted by Crippen LogP contribution is -2.07. The van der Waals surface area contributed by atoms with Crippen LogP contribution < -0.4 is 9.47 Å². The standard InChI is InChI=1S/C23H34O5/c1-3-4-5-6-7-8-9-10-11-12-19-27-22(24)17-18-23(25)28-21-15-13-20(26-2)14-16-21/h13-18H,3-12,19H2,1-2H3/b18-17+. The molecule has 1 aromatic carbocycles. The molecule has 1 aromatic rings. The van der Waals surface area contributed by atoms with Crippen molar-refractivity contribution in [2.45, 2.75) is 71.1 Å². The highest BCUT2D eigenvalue weighted by Gasteiger charge is 2.03. The molecule has 5 nitrogen and oxygen atoms in total. The van der Waals surface area contributed by atoms with Gasteiger partial charge < -0.3 is 14.2 Å². The summed E-state index contributed by atoms with van der Waals surface area (Å²) in [6.07, 6.45) is 14.5. The number of carbonyl (C=O) groups is 2. The lowest BCUT2D eigenvalue weighted by Gasteiger charge is -2.04. The van der Waals surface area contributed by atoms with E-state index >= 15 is 0 Å². The maximum Gasteiger partial charge on any atom is 0.336 e. The molecule has 28 heavy (non-hydrogen) atoms. The van der Waals surface area contributed by atoms with E-state index in [1.165, 1.54) is 51.4 Å². The summed E-state index contributed by atoms with van der Waals surface area (Å²) in [5.41, 5.74) is 0. The maximum absolute atomic E-state index is 11.7. The van der Waals surface area contributed by atoms with Crippen molar-refractivity contribution in [3.05, 3.63) is 36.4 Å². The van der Waals surface area contributed by atoms with Crippen molar-refractivity contribution in [2.24, 2.45) is 0 Å². The van der Waals surface area contributed by atoms with Crippen molar-refractivity contribution in [3.63, 3.8) is 0 Å². The first-order valence-corrected chi connectivity index (χ1v) is 10.4. The van der Waals surface area contributed by atoms with Gasteiger partial charge in [0.05, 0.1) is 13.7 Å². The molecule has 0 N–H and O–H groups in total. The minimum absolute atomic E-state index is 0.382. The highest BCUT2D eigenvalue weighted by Crippen LogP contribution is 2.17. The quantitative estimate of drug-likeness (QED) is 0.168. The molecule has 5 heteroatoms. The zero-order valence-electron chi connectivity index (χ0n) is 17.3. The van der Waals surface area contributed by atoms with Crippen LogP contribution in [0.5, 0.6) is 11.5 Å². The smallest absolute Gasteiger partial charge is 0.336 e. The van der Waals surface area contributed by atoms with Gasteiger partial charge in [0.1, 0.15) is 11.5 Å². The summed E-state index contributed by atoms with van der Waals surface area (Å²) in [5, 5.41) is 0. The summed E-state index contributed by atoms with van der Waals surface area (Å²) in [5.74, 6) is -0.0938. The molecule has 0 aliphatic rings. The second-order valence-electron chi connectivity index (χ2n) is 6.78. The summed E-state index contributed by atoms with van der Waals surface area (Å²) in [4.78, 5) is 23.3. The van der Waals surface area contributed by atoms with E-state index in [0.29, 0.717) is 18.1 Å². The summed E-state index contributed by atoms with van der Waals surface area (Å²) in [6, 6.07) is 6.61. The van der Waals surface area contributed by atoms with Crippen LogP contribution in [0.1, 0.15) is 71.1 Å². The summed E-state index contributed by atoms with van der Waals surface area (Å²) >= 11 is 0. The van der Waals surface area contributed by atoms with Crippen LogP contribution >= 0.6 is 0 Å². The lowest BCUT2D eigenvalue weighted by molar-refractivity contribution is -0.138. The lowest BCUT2D eigenvalue weighted by atomic mass is 10.1. The molecule has 0 aromatic heterocycles. The molecule has 0 heterocycles. The summed E-state index contributed by atoms with van der Waals surface area (Å²) in [7, 11) is 1.56. The van der Waals surface area contributed by atoms with Gasteiger partial charge in [-0.15, -0.1) is 0 Å². The van der Waals surface area contributed by atoms with Crippen LogP contribution in [-0.2, 0) is 14.3 Å². The Morgan fingerprint density at radius 1 is 0.750 bits per heavy atom.